The molecular formula is C10H22BNO. The van der Waals surface area contributed by atoms with Gasteiger partial charge < -0.3 is 9.47 Å². The van der Waals surface area contributed by atoms with Crippen LogP contribution in [-0.4, -0.2) is 30.6 Å². The minimum atomic E-state index is 0.259. The molecule has 1 saturated heterocycles. The van der Waals surface area contributed by atoms with E-state index in [2.05, 4.69) is 32.5 Å². The van der Waals surface area contributed by atoms with Crippen molar-refractivity contribution in [2.45, 2.75) is 52.4 Å². The largest absolute Gasteiger partial charge is 0.420 e. The molecule has 1 aliphatic rings. The minimum absolute atomic E-state index is 0.259. The topological polar surface area (TPSA) is 12.5 Å². The molecule has 1 heterocycles. The average Bonchev–Trinajstić information content (AvgIpc) is 2.47. The van der Waals surface area contributed by atoms with E-state index >= 15 is 0 Å². The first-order chi connectivity index (χ1) is 6.05. The van der Waals surface area contributed by atoms with Crippen molar-refractivity contribution in [2.24, 2.45) is 0 Å². The van der Waals surface area contributed by atoms with E-state index in [1.807, 2.05) is 0 Å². The first kappa shape index (κ1) is 11.1. The smallest absolute Gasteiger partial charge is 0.382 e. The summed E-state index contributed by atoms with van der Waals surface area (Å²) in [5, 5.41) is 0. The van der Waals surface area contributed by atoms with Gasteiger partial charge in [-0.15, -0.1) is 0 Å². The first-order valence-electron chi connectivity index (χ1n) is 5.44. The molecule has 1 aliphatic heterocycles. The maximum absolute atomic E-state index is 5.72. The van der Waals surface area contributed by atoms with Gasteiger partial charge in [0.2, 0.25) is 0 Å². The summed E-state index contributed by atoms with van der Waals surface area (Å²) >= 11 is 0. The van der Waals surface area contributed by atoms with Gasteiger partial charge in [-0.2, -0.15) is 0 Å². The van der Waals surface area contributed by atoms with Crippen LogP contribution in [0.3, 0.4) is 0 Å². The molecule has 0 amide bonds. The molecule has 0 bridgehead atoms. The first-order valence-corrected chi connectivity index (χ1v) is 5.44. The molecule has 0 atom stereocenters. The third kappa shape index (κ3) is 2.99. The second kappa shape index (κ2) is 4.47. The molecule has 0 spiro atoms. The highest BCUT2D eigenvalue weighted by Crippen LogP contribution is 2.22. The Morgan fingerprint density at radius 2 is 2.08 bits per heavy atom. The van der Waals surface area contributed by atoms with Crippen molar-refractivity contribution in [2.75, 3.05) is 13.2 Å². The Morgan fingerprint density at radius 1 is 1.38 bits per heavy atom. The maximum atomic E-state index is 5.72. The lowest BCUT2D eigenvalue weighted by atomic mass is 9.72. The van der Waals surface area contributed by atoms with Crippen molar-refractivity contribution in [3.8, 4) is 0 Å². The maximum Gasteiger partial charge on any atom is 0.382 e. The fourth-order valence-corrected chi connectivity index (χ4v) is 1.91. The van der Waals surface area contributed by atoms with Gasteiger partial charge in [-0.1, -0.05) is 19.8 Å². The van der Waals surface area contributed by atoms with Gasteiger partial charge in [0.05, 0.1) is 0 Å². The molecule has 1 rings (SSSR count). The normalized spacial score (nSPS) is 19.8. The summed E-state index contributed by atoms with van der Waals surface area (Å²) in [5.41, 5.74) is 0.259. The van der Waals surface area contributed by atoms with Crippen LogP contribution in [0.25, 0.3) is 0 Å². The number of rotatable bonds is 3. The molecule has 76 valence electrons. The molecule has 2 nitrogen and oxygen atoms in total. The summed E-state index contributed by atoms with van der Waals surface area (Å²) in [5.74, 6) is 0. The van der Waals surface area contributed by atoms with Crippen LogP contribution >= 0.6 is 0 Å². The van der Waals surface area contributed by atoms with Crippen LogP contribution in [0.4, 0.5) is 0 Å². The van der Waals surface area contributed by atoms with Crippen molar-refractivity contribution in [1.29, 1.82) is 0 Å². The lowest BCUT2D eigenvalue weighted by molar-refractivity contribution is 0.268. The number of nitrogens with zero attached hydrogens (tertiary/aromatic N) is 1. The third-order valence-corrected chi connectivity index (χ3v) is 2.66. The Kier molecular flexibility index (Phi) is 3.80. The van der Waals surface area contributed by atoms with Gasteiger partial charge in [0.1, 0.15) is 0 Å². The van der Waals surface area contributed by atoms with E-state index in [9.17, 15) is 0 Å². The Labute approximate surface area is 82.8 Å². The van der Waals surface area contributed by atoms with Crippen molar-refractivity contribution < 1.29 is 4.65 Å². The molecule has 0 aliphatic carbocycles. The van der Waals surface area contributed by atoms with E-state index < -0.39 is 0 Å². The summed E-state index contributed by atoms with van der Waals surface area (Å²) < 4.78 is 5.72. The summed E-state index contributed by atoms with van der Waals surface area (Å²) in [7, 11) is 0.375. The standard InChI is InChI=1S/C10H22BNO/c1-5-6-7-11-12(8-9-13-11)10(2,3)4/h5-9H2,1-4H3. The SMILES string of the molecule is CCCCB1OCCN1C(C)(C)C. The highest BCUT2D eigenvalue weighted by molar-refractivity contribution is 6.49. The van der Waals surface area contributed by atoms with Gasteiger partial charge in [0.25, 0.3) is 0 Å². The predicted molar refractivity (Wildman–Crippen MR) is 57.9 cm³/mol. The Bertz CT molecular complexity index is 155. The average molecular weight is 183 g/mol. The van der Waals surface area contributed by atoms with Crippen LogP contribution in [0.1, 0.15) is 40.5 Å². The zero-order valence-corrected chi connectivity index (χ0v) is 9.47. The third-order valence-electron chi connectivity index (χ3n) is 2.66. The molecular weight excluding hydrogens is 161 g/mol. The fourth-order valence-electron chi connectivity index (χ4n) is 1.91. The molecule has 3 heteroatoms. The van der Waals surface area contributed by atoms with E-state index in [0.29, 0.717) is 7.05 Å². The number of unbranched alkanes of at least 4 members (excludes halogenated alkanes) is 1. The fraction of sp³-hybridized carbons (Fsp3) is 1.00. The predicted octanol–water partition coefficient (Wildman–Crippen LogP) is 2.41. The van der Waals surface area contributed by atoms with Gasteiger partial charge >= 0.3 is 7.05 Å². The van der Waals surface area contributed by atoms with Crippen LogP contribution in [-0.2, 0) is 4.65 Å². The van der Waals surface area contributed by atoms with Gasteiger partial charge in [-0.25, -0.2) is 0 Å². The number of hydrogen-bond donors (Lipinski definition) is 0. The summed E-state index contributed by atoms with van der Waals surface area (Å²) in [4.78, 5) is 2.47. The van der Waals surface area contributed by atoms with Crippen LogP contribution in [0.2, 0.25) is 6.32 Å². The van der Waals surface area contributed by atoms with Gasteiger partial charge in [-0.05, 0) is 27.1 Å². The van der Waals surface area contributed by atoms with Gasteiger partial charge in [0, 0.05) is 18.7 Å². The molecule has 13 heavy (non-hydrogen) atoms. The quantitative estimate of drug-likeness (QED) is 0.623. The molecule has 0 unspecified atom stereocenters. The lowest BCUT2D eigenvalue weighted by Crippen LogP contribution is -2.47. The van der Waals surface area contributed by atoms with Crippen LogP contribution in [0, 0.1) is 0 Å². The highest BCUT2D eigenvalue weighted by Gasteiger charge is 2.36. The van der Waals surface area contributed by atoms with E-state index in [4.69, 9.17) is 4.65 Å². The zero-order valence-electron chi connectivity index (χ0n) is 9.47. The highest BCUT2D eigenvalue weighted by atomic mass is 16.5. The van der Waals surface area contributed by atoms with E-state index in [-0.39, 0.29) is 5.54 Å². The number of hydrogen-bond acceptors (Lipinski definition) is 2. The van der Waals surface area contributed by atoms with Crippen molar-refractivity contribution >= 4 is 7.05 Å². The zero-order chi connectivity index (χ0) is 9.90. The molecule has 0 aromatic carbocycles. The van der Waals surface area contributed by atoms with E-state index in [0.717, 1.165) is 13.2 Å². The summed E-state index contributed by atoms with van der Waals surface area (Å²) in [6, 6.07) is 0. The Morgan fingerprint density at radius 3 is 2.62 bits per heavy atom. The van der Waals surface area contributed by atoms with Crippen molar-refractivity contribution in [3.63, 3.8) is 0 Å². The second-order valence-electron chi connectivity index (χ2n) is 4.83. The molecule has 0 N–H and O–H groups in total. The molecule has 0 saturated carbocycles. The molecule has 0 aromatic heterocycles. The van der Waals surface area contributed by atoms with Crippen molar-refractivity contribution in [1.82, 2.24) is 4.81 Å². The summed E-state index contributed by atoms with van der Waals surface area (Å²) in [6.45, 7) is 11.0. The van der Waals surface area contributed by atoms with Gasteiger partial charge in [-0.3, -0.25) is 0 Å². The van der Waals surface area contributed by atoms with Crippen LogP contribution < -0.4 is 0 Å². The lowest BCUT2D eigenvalue weighted by Gasteiger charge is -2.33. The molecule has 0 aromatic rings. The monoisotopic (exact) mass is 183 g/mol. The summed E-state index contributed by atoms with van der Waals surface area (Å²) in [6.07, 6.45) is 3.73. The Hall–Kier alpha value is -0.0151. The van der Waals surface area contributed by atoms with Crippen molar-refractivity contribution in [3.05, 3.63) is 0 Å². The van der Waals surface area contributed by atoms with E-state index in [1.54, 1.807) is 0 Å². The Balaban J connectivity index is 2.44. The minimum Gasteiger partial charge on any atom is -0.420 e. The van der Waals surface area contributed by atoms with Crippen LogP contribution in [0.15, 0.2) is 0 Å². The van der Waals surface area contributed by atoms with E-state index in [1.165, 1.54) is 19.2 Å². The second-order valence-corrected chi connectivity index (χ2v) is 4.83. The molecule has 0 radical (unpaired) electrons. The molecule has 1 fully saturated rings. The van der Waals surface area contributed by atoms with Crippen LogP contribution in [0.5, 0.6) is 0 Å². The van der Waals surface area contributed by atoms with Gasteiger partial charge in [0.15, 0.2) is 0 Å².